The van der Waals surface area contributed by atoms with Gasteiger partial charge < -0.3 is 43.5 Å². The molecule has 15 rings (SSSR count). The smallest absolute Gasteiger partial charge is 0.297 e. The first-order valence-electron chi connectivity index (χ1n) is 40.6. The topological polar surface area (TPSA) is 238 Å². The number of furan rings is 3. The Morgan fingerprint density at radius 3 is 0.966 bits per heavy atom. The summed E-state index contributed by atoms with van der Waals surface area (Å²) in [6.45, 7) is 12.7. The molecule has 3 amide bonds. The summed E-state index contributed by atoms with van der Waals surface area (Å²) in [5.41, 5.74) is 15.0. The summed E-state index contributed by atoms with van der Waals surface area (Å²) in [5, 5.41) is 2.36. The second kappa shape index (κ2) is 39.7. The number of para-hydroxylation sites is 3. The van der Waals surface area contributed by atoms with Gasteiger partial charge in [0.05, 0.1) is 37.8 Å². The summed E-state index contributed by atoms with van der Waals surface area (Å²) >= 11 is 6.94. The van der Waals surface area contributed by atoms with Gasteiger partial charge in [-0.1, -0.05) is 198 Å². The number of carbonyl (C=O) groups excluding carboxylic acids is 3. The summed E-state index contributed by atoms with van der Waals surface area (Å²) in [7, 11) is 8.07. The van der Waals surface area contributed by atoms with Crippen LogP contribution in [0.2, 0.25) is 0 Å². The second-order valence-corrected chi connectivity index (χ2v) is 32.2. The minimum atomic E-state index is -0.435. The van der Waals surface area contributed by atoms with Gasteiger partial charge in [0.2, 0.25) is 16.7 Å². The lowest BCUT2D eigenvalue weighted by Crippen LogP contribution is -2.42. The predicted octanol–water partition coefficient (Wildman–Crippen LogP) is 18.8. The van der Waals surface area contributed by atoms with Crippen LogP contribution in [0.5, 0.6) is 0 Å². The number of amides is 3. The van der Waals surface area contributed by atoms with Gasteiger partial charge in [0, 0.05) is 68.0 Å². The van der Waals surface area contributed by atoms with Crippen molar-refractivity contribution in [2.75, 3.05) is 67.5 Å². The number of unbranched alkanes of at least 4 members (excludes halogenated alkanes) is 2. The molecule has 0 radical (unpaired) electrons. The van der Waals surface area contributed by atoms with Crippen molar-refractivity contribution in [2.24, 2.45) is 5.73 Å². The molecule has 2 N–H and O–H groups in total. The second-order valence-electron chi connectivity index (χ2n) is 30.3. The van der Waals surface area contributed by atoms with Crippen LogP contribution in [0, 0.1) is 6.92 Å². The number of hydrogen-bond acceptors (Lipinski definition) is 15. The van der Waals surface area contributed by atoms with Crippen LogP contribution in [0.1, 0.15) is 155 Å². The molecule has 0 saturated heterocycles. The minimum absolute atomic E-state index is 0.0770. The molecule has 612 valence electrons. The quantitative estimate of drug-likeness (QED) is 0.0412. The molecule has 0 saturated carbocycles. The number of carbonyl (C=O) groups is 3. The van der Waals surface area contributed by atoms with E-state index in [4.69, 9.17) is 33.9 Å². The molecule has 3 atom stereocenters. The number of fused-ring (bicyclic) bond motifs is 9. The Balaban J connectivity index is 0.000000155. The number of aromatic nitrogens is 6. The van der Waals surface area contributed by atoms with Gasteiger partial charge in [0.1, 0.15) is 50.8 Å². The first-order chi connectivity index (χ1) is 57.7. The number of likely N-dealkylation sites (N-methyl/N-ethyl adjacent to an activating group) is 1. The summed E-state index contributed by atoms with van der Waals surface area (Å²) in [4.78, 5) is 109. The van der Waals surface area contributed by atoms with Crippen LogP contribution < -0.4 is 22.4 Å². The van der Waals surface area contributed by atoms with Gasteiger partial charge in [-0.2, -0.15) is 0 Å². The lowest BCUT2D eigenvalue weighted by molar-refractivity contribution is 0.0637. The molecule has 6 aromatic heterocycles. The van der Waals surface area contributed by atoms with Crippen molar-refractivity contribution in [1.29, 1.82) is 0 Å². The molecular formula is C96H100Br2N12O9. The lowest BCUT2D eigenvalue weighted by atomic mass is 10.1. The first kappa shape index (κ1) is 85.2. The fourth-order valence-electron chi connectivity index (χ4n) is 15.2. The molecule has 0 aliphatic carbocycles. The fourth-order valence-corrected chi connectivity index (χ4v) is 15.8. The van der Waals surface area contributed by atoms with Gasteiger partial charge in [-0.3, -0.25) is 42.5 Å². The van der Waals surface area contributed by atoms with Crippen molar-refractivity contribution in [3.05, 3.63) is 333 Å². The van der Waals surface area contributed by atoms with Crippen LogP contribution in [0.15, 0.2) is 273 Å². The largest absolute Gasteiger partial charge is 0.448 e. The molecule has 21 nitrogen and oxygen atoms in total. The van der Waals surface area contributed by atoms with E-state index in [1.54, 1.807) is 13.7 Å². The van der Waals surface area contributed by atoms with E-state index in [9.17, 15) is 28.8 Å². The van der Waals surface area contributed by atoms with Crippen LogP contribution in [0.25, 0.3) is 66.2 Å². The summed E-state index contributed by atoms with van der Waals surface area (Å²) in [6, 6.07) is 73.3. The third kappa shape index (κ3) is 19.7. The standard InChI is InChI=1S/C33H35BrN4O3.C32H34N4O3.C31H31BrN4O3/c1-4-27(37(21-11-10-20-36(2)3)32(39)24-16-18-25(34)19-17-24)31-35-29-26-14-8-9-15-28(26)41-30(29)33(40)38(31)22-23-12-6-5-7-13-23;1-3-26(35(20-10-9-19-33)31(37)24-17-15-22(2)16-18-24)30-34-28-25-13-7-8-14-27(25)39-29(28)32(38)36(30)21-23-11-5-4-6-12-23;1-4-25(35(19-18-34(2)3)30(37)22-14-16-23(32)17-15-22)29-33-27-24-12-8-9-13-26(24)39-28(27)31(38)36(29)20-21-10-6-5-7-11-21/h5-9,12-19,27H,4,10-11,20-22H2,1-3H3;4-8,11-18,26H,3,9-10,19-21,33H2,1-2H3;5-17,25H,4,18-20H2,1-3H3. The van der Waals surface area contributed by atoms with Crippen LogP contribution in [0.4, 0.5) is 0 Å². The average Bonchev–Trinajstić information content (AvgIpc) is 1.67. The molecule has 0 aliphatic rings. The van der Waals surface area contributed by atoms with Gasteiger partial charge in [-0.25, -0.2) is 15.0 Å². The van der Waals surface area contributed by atoms with E-state index >= 15 is 0 Å². The molecule has 119 heavy (non-hydrogen) atoms. The summed E-state index contributed by atoms with van der Waals surface area (Å²) < 4.78 is 24.9. The highest BCUT2D eigenvalue weighted by Gasteiger charge is 2.35. The molecule has 3 unspecified atom stereocenters. The van der Waals surface area contributed by atoms with Crippen molar-refractivity contribution >= 4 is 116 Å². The van der Waals surface area contributed by atoms with E-state index in [-0.39, 0.29) is 51.1 Å². The number of aryl methyl sites for hydroxylation is 1. The third-order valence-electron chi connectivity index (χ3n) is 21.4. The fraction of sp³-hybridized carbons (Fsp3) is 0.281. The van der Waals surface area contributed by atoms with Gasteiger partial charge >= 0.3 is 0 Å². The van der Waals surface area contributed by atoms with Gasteiger partial charge in [0.15, 0.2) is 0 Å². The van der Waals surface area contributed by atoms with E-state index in [1.807, 2.05) is 298 Å². The van der Waals surface area contributed by atoms with Crippen molar-refractivity contribution < 1.29 is 27.6 Å². The molecule has 0 bridgehead atoms. The average molecular weight is 1730 g/mol. The predicted molar refractivity (Wildman–Crippen MR) is 480 cm³/mol. The zero-order chi connectivity index (χ0) is 83.8. The van der Waals surface area contributed by atoms with Crippen LogP contribution in [-0.2, 0) is 19.6 Å². The third-order valence-corrected chi connectivity index (χ3v) is 22.5. The zero-order valence-electron chi connectivity index (χ0n) is 68.5. The highest BCUT2D eigenvalue weighted by molar-refractivity contribution is 9.10. The van der Waals surface area contributed by atoms with E-state index in [0.717, 1.165) is 79.6 Å². The molecule has 23 heteroatoms. The maximum absolute atomic E-state index is 14.1. The number of benzene rings is 9. The van der Waals surface area contributed by atoms with Gasteiger partial charge in [0.25, 0.3) is 34.4 Å². The van der Waals surface area contributed by atoms with E-state index < -0.39 is 18.1 Å². The molecule has 15 aromatic rings. The number of hydrogen-bond donors (Lipinski definition) is 1. The van der Waals surface area contributed by atoms with Crippen molar-refractivity contribution in [1.82, 2.24) is 53.2 Å². The molecule has 9 aromatic carbocycles. The summed E-state index contributed by atoms with van der Waals surface area (Å²) in [5.74, 6) is 1.41. The number of nitrogens with two attached hydrogens (primary N) is 1. The zero-order valence-corrected chi connectivity index (χ0v) is 71.7. The van der Waals surface area contributed by atoms with E-state index in [2.05, 4.69) is 50.9 Å². The Bertz CT molecular complexity index is 6190. The highest BCUT2D eigenvalue weighted by Crippen LogP contribution is 2.36. The van der Waals surface area contributed by atoms with Crippen LogP contribution in [-0.4, -0.2) is 138 Å². The van der Waals surface area contributed by atoms with Crippen LogP contribution in [0.3, 0.4) is 0 Å². The van der Waals surface area contributed by atoms with E-state index in [1.165, 1.54) is 0 Å². The van der Waals surface area contributed by atoms with Crippen molar-refractivity contribution in [3.63, 3.8) is 0 Å². The number of nitrogens with zero attached hydrogens (tertiary/aromatic N) is 11. The monoisotopic (exact) mass is 1720 g/mol. The number of halogens is 2. The minimum Gasteiger partial charge on any atom is -0.448 e. The Hall–Kier alpha value is -11.7. The Labute approximate surface area is 708 Å². The molecule has 0 aliphatic heterocycles. The van der Waals surface area contributed by atoms with Gasteiger partial charge in [-0.15, -0.1) is 0 Å². The normalized spacial score (nSPS) is 12.3. The Morgan fingerprint density at radius 1 is 0.370 bits per heavy atom. The first-order valence-corrected chi connectivity index (χ1v) is 42.2. The number of rotatable bonds is 30. The van der Waals surface area contributed by atoms with E-state index in [0.29, 0.717) is 139 Å². The Kier molecular flexibility index (Phi) is 28.4. The Morgan fingerprint density at radius 2 is 0.655 bits per heavy atom. The lowest BCUT2D eigenvalue weighted by Gasteiger charge is -2.33. The maximum Gasteiger partial charge on any atom is 0.297 e. The van der Waals surface area contributed by atoms with Crippen molar-refractivity contribution in [3.8, 4) is 0 Å². The maximum atomic E-state index is 14.1. The molecule has 0 spiro atoms. The molecule has 0 fully saturated rings. The summed E-state index contributed by atoms with van der Waals surface area (Å²) in [6.07, 6.45) is 5.09. The van der Waals surface area contributed by atoms with Crippen molar-refractivity contribution in [2.45, 2.75) is 110 Å². The highest BCUT2D eigenvalue weighted by atomic mass is 79.9. The molecular weight excluding hydrogens is 1620 g/mol. The SMILES string of the molecule is CCC(c1nc2c(oc3ccccc32)c(=O)n1Cc1ccccc1)N(CCCCN(C)C)C(=O)c1ccc(Br)cc1.CCC(c1nc2c(oc3ccccc32)c(=O)n1Cc1ccccc1)N(CCCCN)C(=O)c1ccc(C)cc1.CCC(c1nc2c(oc3ccccc32)c(=O)n1Cc1ccccc1)N(CCN(C)C)C(=O)c1ccc(Br)cc1. The molecule has 6 heterocycles. The van der Waals surface area contributed by atoms with Crippen LogP contribution >= 0.6 is 31.9 Å². The van der Waals surface area contributed by atoms with Gasteiger partial charge in [-0.05, 0) is 207 Å².